The molecule has 0 aromatic heterocycles. The summed E-state index contributed by atoms with van der Waals surface area (Å²) in [6.07, 6.45) is 8.46. The van der Waals surface area contributed by atoms with Crippen molar-refractivity contribution in [2.45, 2.75) is 70.4 Å². The quantitative estimate of drug-likeness (QED) is 0.356. The van der Waals surface area contributed by atoms with E-state index >= 15 is 0 Å². The van der Waals surface area contributed by atoms with Crippen LogP contribution < -0.4 is 0 Å². The van der Waals surface area contributed by atoms with Gasteiger partial charge in [0, 0.05) is 0 Å². The van der Waals surface area contributed by atoms with Gasteiger partial charge in [0.15, 0.2) is 0 Å². The molecule has 0 aliphatic rings. The number of hydrogen-bond donors (Lipinski definition) is 0. The van der Waals surface area contributed by atoms with E-state index in [4.69, 9.17) is 4.74 Å². The predicted molar refractivity (Wildman–Crippen MR) is 74.3 cm³/mol. The molecule has 0 heterocycles. The van der Waals surface area contributed by atoms with Crippen LogP contribution in [-0.2, 0) is 9.53 Å². The van der Waals surface area contributed by atoms with Crippen molar-refractivity contribution in [2.75, 3.05) is 0 Å². The van der Waals surface area contributed by atoms with E-state index in [0.29, 0.717) is 0 Å². The molecule has 0 amide bonds. The van der Waals surface area contributed by atoms with Gasteiger partial charge in [-0.05, 0) is 0 Å². The number of rotatable bonds is 9. The van der Waals surface area contributed by atoms with Crippen LogP contribution in [0.2, 0.25) is 4.47 Å². The van der Waals surface area contributed by atoms with Crippen LogP contribution in [0.5, 0.6) is 0 Å². The molecule has 17 heavy (non-hydrogen) atoms. The summed E-state index contributed by atoms with van der Waals surface area (Å²) in [7, 11) is 0. The number of allylic oxidation sites excluding steroid dienone is 1. The van der Waals surface area contributed by atoms with Crippen LogP contribution in [0.25, 0.3) is 0 Å². The second-order valence-electron chi connectivity index (χ2n) is 4.25. The molecule has 0 aromatic carbocycles. The summed E-state index contributed by atoms with van der Waals surface area (Å²) >= 11 is -0.0319. The Morgan fingerprint density at radius 3 is 2.47 bits per heavy atom. The van der Waals surface area contributed by atoms with Gasteiger partial charge in [-0.2, -0.15) is 0 Å². The zero-order valence-corrected chi connectivity index (χ0v) is 14.0. The molecule has 0 aliphatic carbocycles. The van der Waals surface area contributed by atoms with Crippen molar-refractivity contribution in [3.63, 3.8) is 0 Å². The van der Waals surface area contributed by atoms with Gasteiger partial charge in [0.25, 0.3) is 0 Å². The van der Waals surface area contributed by atoms with Gasteiger partial charge in [0.2, 0.25) is 0 Å². The van der Waals surface area contributed by atoms with Crippen molar-refractivity contribution < 1.29 is 9.53 Å². The molecule has 3 heteroatoms. The Labute approximate surface area is 116 Å². The molecule has 1 atom stereocenters. The van der Waals surface area contributed by atoms with E-state index in [9.17, 15) is 4.79 Å². The number of unbranched alkanes of at least 4 members (excludes halogenated alkanes) is 2. The van der Waals surface area contributed by atoms with Gasteiger partial charge in [-0.15, -0.1) is 0 Å². The predicted octanol–water partition coefficient (Wildman–Crippen LogP) is 3.93. The van der Waals surface area contributed by atoms with Crippen molar-refractivity contribution in [1.29, 1.82) is 0 Å². The second-order valence-corrected chi connectivity index (χ2v) is 7.74. The molecule has 0 fully saturated rings. The molecule has 0 aromatic rings. The monoisotopic (exact) mass is 356 g/mol. The third-order valence-corrected chi connectivity index (χ3v) is 5.77. The maximum atomic E-state index is 10.9. The minimum atomic E-state index is -0.183. The Morgan fingerprint density at radius 2 is 1.94 bits per heavy atom. The Balaban J connectivity index is 4.21. The molecule has 0 bridgehead atoms. The van der Waals surface area contributed by atoms with Crippen molar-refractivity contribution >= 4 is 26.9 Å². The van der Waals surface area contributed by atoms with Crippen molar-refractivity contribution in [2.24, 2.45) is 0 Å². The molecule has 0 radical (unpaired) electrons. The zero-order chi connectivity index (χ0) is 13.1. The van der Waals surface area contributed by atoms with Gasteiger partial charge in [-0.1, -0.05) is 0 Å². The van der Waals surface area contributed by atoms with E-state index in [1.54, 1.807) is 3.62 Å². The zero-order valence-electron chi connectivity index (χ0n) is 11.6. The fourth-order valence-corrected chi connectivity index (χ4v) is 5.09. The fourth-order valence-electron chi connectivity index (χ4n) is 1.46. The molecule has 2 nitrogen and oxygen atoms in total. The molecule has 0 rings (SSSR count). The van der Waals surface area contributed by atoms with E-state index in [1.807, 2.05) is 6.92 Å². The summed E-state index contributed by atoms with van der Waals surface area (Å²) in [4.78, 5) is 10.9. The van der Waals surface area contributed by atoms with Crippen LogP contribution in [-0.4, -0.2) is 33.0 Å². The Kier molecular flexibility index (Phi) is 11.1. The van der Waals surface area contributed by atoms with E-state index in [2.05, 4.69) is 19.9 Å². The van der Waals surface area contributed by atoms with Crippen LogP contribution in [0, 0.1) is 0 Å². The van der Waals surface area contributed by atoms with Gasteiger partial charge in [0.1, 0.15) is 0 Å². The van der Waals surface area contributed by atoms with Gasteiger partial charge >= 0.3 is 116 Å². The number of hydrogen-bond acceptors (Lipinski definition) is 2. The number of ether oxygens (including phenoxy) is 1. The molecular formula is C14H26O2Te. The summed E-state index contributed by atoms with van der Waals surface area (Å²) in [5.41, 5.74) is 0. The van der Waals surface area contributed by atoms with Crippen LogP contribution >= 0.6 is 0 Å². The summed E-state index contributed by atoms with van der Waals surface area (Å²) in [6.45, 7) is 7.90. The molecule has 0 spiro atoms. The SMILES string of the molecule is CCCC[Te]/C(=C\[C@@H](C)OC(C)=O)CCCC. The molecule has 0 N–H and O–H groups in total. The summed E-state index contributed by atoms with van der Waals surface area (Å²) in [5.74, 6) is -0.183. The maximum absolute atomic E-state index is 10.9. The first-order chi connectivity index (χ1) is 8.10. The second kappa shape index (κ2) is 11.1. The minimum absolute atomic E-state index is 0.0319. The Hall–Kier alpha value is -0.000390. The van der Waals surface area contributed by atoms with Crippen LogP contribution in [0.1, 0.15) is 59.8 Å². The summed E-state index contributed by atoms with van der Waals surface area (Å²) < 4.78 is 8.13. The first kappa shape index (κ1) is 17.0. The van der Waals surface area contributed by atoms with Crippen molar-refractivity contribution in [3.05, 3.63) is 9.70 Å². The van der Waals surface area contributed by atoms with E-state index < -0.39 is 0 Å². The van der Waals surface area contributed by atoms with E-state index in [0.717, 1.165) is 0 Å². The molecule has 0 aliphatic heterocycles. The third kappa shape index (κ3) is 10.9. The first-order valence-electron chi connectivity index (χ1n) is 6.60. The topological polar surface area (TPSA) is 26.3 Å². The number of esters is 1. The van der Waals surface area contributed by atoms with Crippen molar-refractivity contribution in [1.82, 2.24) is 0 Å². The van der Waals surface area contributed by atoms with Gasteiger partial charge in [-0.25, -0.2) is 0 Å². The van der Waals surface area contributed by atoms with Crippen LogP contribution in [0.4, 0.5) is 0 Å². The molecule has 100 valence electrons. The van der Waals surface area contributed by atoms with Gasteiger partial charge < -0.3 is 0 Å². The van der Waals surface area contributed by atoms with Gasteiger partial charge in [-0.3, -0.25) is 0 Å². The van der Waals surface area contributed by atoms with Crippen LogP contribution in [0.15, 0.2) is 9.70 Å². The normalized spacial score (nSPS) is 13.5. The molecule has 0 unspecified atom stereocenters. The molecule has 0 saturated heterocycles. The fraction of sp³-hybridized carbons (Fsp3) is 0.786. The van der Waals surface area contributed by atoms with Crippen molar-refractivity contribution in [3.8, 4) is 0 Å². The third-order valence-electron chi connectivity index (χ3n) is 2.33. The Morgan fingerprint density at radius 1 is 1.29 bits per heavy atom. The number of carbonyl (C=O) groups excluding carboxylic acids is 1. The standard InChI is InChI=1S/C14H26O2Te/c1-5-7-9-14(17-10-8-6-2)11-12(3)16-13(4)15/h11-12H,5-10H2,1-4H3/b14-11-/t12-/m1/s1. The Bertz CT molecular complexity index is 236. The summed E-state index contributed by atoms with van der Waals surface area (Å²) in [6, 6.07) is 0. The van der Waals surface area contributed by atoms with Gasteiger partial charge in [0.05, 0.1) is 0 Å². The van der Waals surface area contributed by atoms with Crippen LogP contribution in [0.3, 0.4) is 0 Å². The summed E-state index contributed by atoms with van der Waals surface area (Å²) in [5, 5.41) is 0. The first-order valence-corrected chi connectivity index (χ1v) is 9.42. The molecular weight excluding hydrogens is 328 g/mol. The van der Waals surface area contributed by atoms with E-state index in [-0.39, 0.29) is 33.0 Å². The average molecular weight is 354 g/mol. The molecule has 0 saturated carbocycles. The van der Waals surface area contributed by atoms with E-state index in [1.165, 1.54) is 43.5 Å². The average Bonchev–Trinajstić information content (AvgIpc) is 2.24. The number of carbonyl (C=O) groups is 1.